The summed E-state index contributed by atoms with van der Waals surface area (Å²) >= 11 is 0. The third-order valence-electron chi connectivity index (χ3n) is 3.35. The van der Waals surface area contributed by atoms with Crippen LogP contribution in [0.25, 0.3) is 11.3 Å². The average Bonchev–Trinajstić information content (AvgIpc) is 2.45. The number of benzene rings is 1. The van der Waals surface area contributed by atoms with E-state index in [1.54, 1.807) is 13.1 Å². The molecule has 1 heterocycles. The van der Waals surface area contributed by atoms with Crippen LogP contribution in [-0.2, 0) is 5.41 Å². The molecule has 0 saturated carbocycles. The molecule has 0 radical (unpaired) electrons. The summed E-state index contributed by atoms with van der Waals surface area (Å²) in [5.74, 6) is 0.607. The first kappa shape index (κ1) is 15.0. The van der Waals surface area contributed by atoms with Gasteiger partial charge in [0.1, 0.15) is 5.82 Å². The molecular weight excluding hydrogens is 266 g/mol. The van der Waals surface area contributed by atoms with E-state index in [1.165, 1.54) is 11.6 Å². The molecule has 1 aromatic heterocycles. The van der Waals surface area contributed by atoms with Crippen molar-refractivity contribution >= 4 is 11.5 Å². The maximum Gasteiger partial charge on any atom is 0.295 e. The number of hydrogen-bond acceptors (Lipinski definition) is 4. The fourth-order valence-electron chi connectivity index (χ4n) is 2.08. The van der Waals surface area contributed by atoms with Crippen LogP contribution in [0.4, 0.5) is 11.5 Å². The van der Waals surface area contributed by atoms with Gasteiger partial charge < -0.3 is 5.32 Å². The number of nitro groups is 1. The van der Waals surface area contributed by atoms with Crippen molar-refractivity contribution in [1.29, 1.82) is 0 Å². The molecule has 110 valence electrons. The van der Waals surface area contributed by atoms with Gasteiger partial charge in [0, 0.05) is 18.7 Å². The van der Waals surface area contributed by atoms with Crippen molar-refractivity contribution in [2.45, 2.75) is 26.2 Å². The van der Waals surface area contributed by atoms with Crippen LogP contribution in [0.3, 0.4) is 0 Å². The molecule has 0 spiro atoms. The van der Waals surface area contributed by atoms with E-state index in [0.29, 0.717) is 11.5 Å². The van der Waals surface area contributed by atoms with Gasteiger partial charge in [0.2, 0.25) is 0 Å². The van der Waals surface area contributed by atoms with Crippen LogP contribution >= 0.6 is 0 Å². The van der Waals surface area contributed by atoms with E-state index in [-0.39, 0.29) is 11.1 Å². The second-order valence-electron chi connectivity index (χ2n) is 5.90. The zero-order valence-electron chi connectivity index (χ0n) is 12.7. The van der Waals surface area contributed by atoms with Crippen LogP contribution in [0.5, 0.6) is 0 Å². The van der Waals surface area contributed by atoms with Crippen molar-refractivity contribution in [3.63, 3.8) is 0 Å². The summed E-state index contributed by atoms with van der Waals surface area (Å²) < 4.78 is 0. The highest BCUT2D eigenvalue weighted by atomic mass is 16.6. The SMILES string of the molecule is CNc1ccc([N+](=O)[O-])c(-c2ccc(C(C)(C)C)cc2)n1. The van der Waals surface area contributed by atoms with Gasteiger partial charge in [0.05, 0.1) is 4.92 Å². The summed E-state index contributed by atoms with van der Waals surface area (Å²) in [6, 6.07) is 10.8. The summed E-state index contributed by atoms with van der Waals surface area (Å²) in [7, 11) is 1.74. The van der Waals surface area contributed by atoms with Crippen molar-refractivity contribution in [1.82, 2.24) is 4.98 Å². The van der Waals surface area contributed by atoms with Gasteiger partial charge in [0.15, 0.2) is 5.69 Å². The van der Waals surface area contributed by atoms with Crippen LogP contribution in [0.1, 0.15) is 26.3 Å². The predicted molar refractivity (Wildman–Crippen MR) is 84.6 cm³/mol. The van der Waals surface area contributed by atoms with Crippen LogP contribution < -0.4 is 5.32 Å². The van der Waals surface area contributed by atoms with Gasteiger partial charge in [-0.2, -0.15) is 0 Å². The zero-order chi connectivity index (χ0) is 15.6. The first-order valence-electron chi connectivity index (χ1n) is 6.77. The maximum atomic E-state index is 11.2. The largest absolute Gasteiger partial charge is 0.373 e. The second-order valence-corrected chi connectivity index (χ2v) is 5.90. The van der Waals surface area contributed by atoms with Crippen LogP contribution in [0.2, 0.25) is 0 Å². The highest BCUT2D eigenvalue weighted by Crippen LogP contribution is 2.31. The van der Waals surface area contributed by atoms with Gasteiger partial charge in [-0.1, -0.05) is 45.0 Å². The van der Waals surface area contributed by atoms with Crippen LogP contribution in [0, 0.1) is 10.1 Å². The Morgan fingerprint density at radius 1 is 1.10 bits per heavy atom. The molecule has 0 aliphatic carbocycles. The lowest BCUT2D eigenvalue weighted by Gasteiger charge is -2.19. The zero-order valence-corrected chi connectivity index (χ0v) is 12.7. The lowest BCUT2D eigenvalue weighted by atomic mass is 9.86. The molecule has 0 amide bonds. The smallest absolute Gasteiger partial charge is 0.295 e. The van der Waals surface area contributed by atoms with E-state index in [2.05, 4.69) is 31.1 Å². The topological polar surface area (TPSA) is 68.1 Å². The summed E-state index contributed by atoms with van der Waals surface area (Å²) in [5.41, 5.74) is 2.36. The minimum absolute atomic E-state index is 0.0116. The van der Waals surface area contributed by atoms with E-state index in [4.69, 9.17) is 0 Å². The molecule has 0 fully saturated rings. The number of hydrogen-bond donors (Lipinski definition) is 1. The highest BCUT2D eigenvalue weighted by molar-refractivity contribution is 5.71. The lowest BCUT2D eigenvalue weighted by Crippen LogP contribution is -2.10. The summed E-state index contributed by atoms with van der Waals surface area (Å²) in [4.78, 5) is 15.1. The third kappa shape index (κ3) is 3.18. The Hall–Kier alpha value is -2.43. The normalized spacial score (nSPS) is 11.2. The van der Waals surface area contributed by atoms with Crippen LogP contribution in [0.15, 0.2) is 36.4 Å². The van der Waals surface area contributed by atoms with Gasteiger partial charge in [0.25, 0.3) is 5.69 Å². The summed E-state index contributed by atoms with van der Waals surface area (Å²) in [5, 5.41) is 14.1. The Labute approximate surface area is 124 Å². The third-order valence-corrected chi connectivity index (χ3v) is 3.35. The monoisotopic (exact) mass is 285 g/mol. The number of nitrogens with zero attached hydrogens (tertiary/aromatic N) is 2. The number of rotatable bonds is 3. The number of pyridine rings is 1. The van der Waals surface area contributed by atoms with Crippen molar-refractivity contribution in [2.75, 3.05) is 12.4 Å². The van der Waals surface area contributed by atoms with E-state index in [9.17, 15) is 10.1 Å². The van der Waals surface area contributed by atoms with Gasteiger partial charge in [-0.15, -0.1) is 0 Å². The van der Waals surface area contributed by atoms with Gasteiger partial charge in [-0.3, -0.25) is 10.1 Å². The molecule has 0 atom stereocenters. The van der Waals surface area contributed by atoms with Gasteiger partial charge in [-0.25, -0.2) is 4.98 Å². The molecule has 0 bridgehead atoms. The van der Waals surface area contributed by atoms with Crippen LogP contribution in [-0.4, -0.2) is 17.0 Å². The van der Waals surface area contributed by atoms with Gasteiger partial charge >= 0.3 is 0 Å². The Kier molecular flexibility index (Phi) is 3.93. The molecule has 0 aliphatic heterocycles. The minimum Gasteiger partial charge on any atom is -0.373 e. The molecule has 0 saturated heterocycles. The molecule has 21 heavy (non-hydrogen) atoms. The molecule has 2 rings (SSSR count). The van der Waals surface area contributed by atoms with E-state index in [0.717, 1.165) is 5.56 Å². The Morgan fingerprint density at radius 2 is 1.71 bits per heavy atom. The number of anilines is 1. The van der Waals surface area contributed by atoms with E-state index < -0.39 is 4.92 Å². The average molecular weight is 285 g/mol. The molecule has 0 aliphatic rings. The summed E-state index contributed by atoms with van der Waals surface area (Å²) in [6.45, 7) is 6.39. The van der Waals surface area contributed by atoms with Crippen molar-refractivity contribution in [3.05, 3.63) is 52.1 Å². The maximum absolute atomic E-state index is 11.2. The molecule has 0 unspecified atom stereocenters. The Bertz CT molecular complexity index is 658. The molecule has 5 heteroatoms. The van der Waals surface area contributed by atoms with Crippen molar-refractivity contribution in [3.8, 4) is 11.3 Å². The fraction of sp³-hybridized carbons (Fsp3) is 0.312. The van der Waals surface area contributed by atoms with Crippen molar-refractivity contribution in [2.24, 2.45) is 0 Å². The predicted octanol–water partition coefficient (Wildman–Crippen LogP) is 4.00. The standard InChI is InChI=1S/C16H19N3O2/c1-16(2,3)12-7-5-11(6-8-12)15-13(19(20)21)9-10-14(17-4)18-15/h5-10H,1-4H3,(H,17,18). The first-order chi connectivity index (χ1) is 9.82. The van der Waals surface area contributed by atoms with E-state index >= 15 is 0 Å². The quantitative estimate of drug-likeness (QED) is 0.683. The first-order valence-corrected chi connectivity index (χ1v) is 6.77. The highest BCUT2D eigenvalue weighted by Gasteiger charge is 2.19. The lowest BCUT2D eigenvalue weighted by molar-refractivity contribution is -0.384. The molecular formula is C16H19N3O2. The minimum atomic E-state index is -0.403. The number of aromatic nitrogens is 1. The number of nitrogens with one attached hydrogen (secondary N) is 1. The molecule has 5 nitrogen and oxygen atoms in total. The van der Waals surface area contributed by atoms with Gasteiger partial charge in [-0.05, 0) is 17.0 Å². The summed E-state index contributed by atoms with van der Waals surface area (Å²) in [6.07, 6.45) is 0. The molecule has 2 aromatic rings. The molecule has 1 aromatic carbocycles. The fourth-order valence-corrected chi connectivity index (χ4v) is 2.08. The van der Waals surface area contributed by atoms with E-state index in [1.807, 2.05) is 24.3 Å². The molecule has 1 N–H and O–H groups in total. The van der Waals surface area contributed by atoms with Crippen molar-refractivity contribution < 1.29 is 4.92 Å². The Balaban J connectivity index is 2.52. The Morgan fingerprint density at radius 3 is 2.19 bits per heavy atom. The second kappa shape index (κ2) is 5.52.